The Kier molecular flexibility index (Phi) is 8.02. The van der Waals surface area contributed by atoms with Crippen molar-refractivity contribution in [3.63, 3.8) is 0 Å². The van der Waals surface area contributed by atoms with E-state index in [0.29, 0.717) is 36.6 Å². The lowest BCUT2D eigenvalue weighted by Gasteiger charge is -2.32. The molecule has 1 saturated heterocycles. The average molecular weight is 442 g/mol. The topological polar surface area (TPSA) is 99.8 Å². The van der Waals surface area contributed by atoms with E-state index in [1.807, 2.05) is 12.1 Å². The number of benzene rings is 2. The van der Waals surface area contributed by atoms with Gasteiger partial charge in [-0.1, -0.05) is 24.3 Å². The zero-order valence-electron chi connectivity index (χ0n) is 17.9. The SMILES string of the molecule is COc1ccccc1NC(=O)N1CCC(CNC(=O)C(=O)NCc2ccc(F)cc2)CC1. The van der Waals surface area contributed by atoms with Crippen molar-refractivity contribution >= 4 is 23.5 Å². The first-order valence-electron chi connectivity index (χ1n) is 10.5. The van der Waals surface area contributed by atoms with Crippen LogP contribution >= 0.6 is 0 Å². The van der Waals surface area contributed by atoms with Crippen LogP contribution in [0.5, 0.6) is 5.75 Å². The zero-order valence-corrected chi connectivity index (χ0v) is 17.9. The molecule has 0 atom stereocenters. The highest BCUT2D eigenvalue weighted by Gasteiger charge is 2.24. The number of rotatable bonds is 6. The minimum Gasteiger partial charge on any atom is -0.495 e. The minimum atomic E-state index is -0.733. The first-order chi connectivity index (χ1) is 15.5. The van der Waals surface area contributed by atoms with Gasteiger partial charge < -0.3 is 25.6 Å². The second kappa shape index (κ2) is 11.1. The minimum absolute atomic E-state index is 0.145. The van der Waals surface area contributed by atoms with Crippen LogP contribution in [0.3, 0.4) is 0 Å². The molecule has 9 heteroatoms. The molecule has 0 bridgehead atoms. The van der Waals surface area contributed by atoms with Gasteiger partial charge in [0.25, 0.3) is 0 Å². The lowest BCUT2D eigenvalue weighted by atomic mass is 9.97. The molecule has 1 aliphatic heterocycles. The molecule has 0 radical (unpaired) electrons. The predicted octanol–water partition coefficient (Wildman–Crippen LogP) is 2.51. The molecule has 1 aliphatic rings. The maximum atomic E-state index is 12.9. The zero-order chi connectivity index (χ0) is 22.9. The van der Waals surface area contributed by atoms with E-state index in [2.05, 4.69) is 16.0 Å². The molecule has 0 aliphatic carbocycles. The lowest BCUT2D eigenvalue weighted by Crippen LogP contribution is -2.45. The van der Waals surface area contributed by atoms with Crippen LogP contribution in [0.15, 0.2) is 48.5 Å². The first kappa shape index (κ1) is 23.1. The van der Waals surface area contributed by atoms with E-state index >= 15 is 0 Å². The number of carbonyl (C=O) groups is 3. The number of para-hydroxylation sites is 2. The number of likely N-dealkylation sites (tertiary alicyclic amines) is 1. The summed E-state index contributed by atoms with van der Waals surface area (Å²) in [5.41, 5.74) is 1.31. The summed E-state index contributed by atoms with van der Waals surface area (Å²) in [6.45, 7) is 1.62. The number of nitrogens with zero attached hydrogens (tertiary/aromatic N) is 1. The first-order valence-corrected chi connectivity index (χ1v) is 10.5. The number of anilines is 1. The third-order valence-corrected chi connectivity index (χ3v) is 5.37. The fourth-order valence-corrected chi connectivity index (χ4v) is 3.46. The van der Waals surface area contributed by atoms with Crippen LogP contribution in [0.2, 0.25) is 0 Å². The van der Waals surface area contributed by atoms with E-state index in [9.17, 15) is 18.8 Å². The molecule has 3 rings (SSSR count). The maximum absolute atomic E-state index is 12.9. The van der Waals surface area contributed by atoms with Gasteiger partial charge in [-0.05, 0) is 48.6 Å². The Morgan fingerprint density at radius 3 is 2.34 bits per heavy atom. The quantitative estimate of drug-likeness (QED) is 0.599. The predicted molar refractivity (Wildman–Crippen MR) is 118 cm³/mol. The Morgan fingerprint density at radius 2 is 1.66 bits per heavy atom. The highest BCUT2D eigenvalue weighted by Crippen LogP contribution is 2.24. The van der Waals surface area contributed by atoms with Crippen molar-refractivity contribution in [2.24, 2.45) is 5.92 Å². The Bertz CT molecular complexity index is 943. The van der Waals surface area contributed by atoms with E-state index in [-0.39, 0.29) is 24.3 Å². The number of amides is 4. The van der Waals surface area contributed by atoms with Gasteiger partial charge in [-0.25, -0.2) is 9.18 Å². The van der Waals surface area contributed by atoms with Crippen molar-refractivity contribution < 1.29 is 23.5 Å². The lowest BCUT2D eigenvalue weighted by molar-refractivity contribution is -0.139. The number of carbonyl (C=O) groups excluding carboxylic acids is 3. The van der Waals surface area contributed by atoms with Gasteiger partial charge in [-0.15, -0.1) is 0 Å². The summed E-state index contributed by atoms with van der Waals surface area (Å²) < 4.78 is 18.2. The standard InChI is InChI=1S/C23H27FN4O4/c1-32-20-5-3-2-4-19(20)27-23(31)28-12-10-17(11-13-28)15-26-22(30)21(29)25-14-16-6-8-18(24)9-7-16/h2-9,17H,10-15H2,1H3,(H,25,29)(H,26,30)(H,27,31). The van der Waals surface area contributed by atoms with Gasteiger partial charge in [-0.2, -0.15) is 0 Å². The highest BCUT2D eigenvalue weighted by atomic mass is 19.1. The second-order valence-electron chi connectivity index (χ2n) is 7.58. The fourth-order valence-electron chi connectivity index (χ4n) is 3.46. The summed E-state index contributed by atoms with van der Waals surface area (Å²) in [6, 6.07) is 12.7. The monoisotopic (exact) mass is 442 g/mol. The highest BCUT2D eigenvalue weighted by molar-refractivity contribution is 6.35. The van der Waals surface area contributed by atoms with Crippen molar-refractivity contribution in [3.8, 4) is 5.75 Å². The molecule has 170 valence electrons. The fraction of sp³-hybridized carbons (Fsp3) is 0.348. The van der Waals surface area contributed by atoms with Crippen LogP contribution in [-0.4, -0.2) is 49.5 Å². The van der Waals surface area contributed by atoms with Crippen LogP contribution in [-0.2, 0) is 16.1 Å². The summed E-state index contributed by atoms with van der Waals surface area (Å²) in [5.74, 6) is -1.03. The van der Waals surface area contributed by atoms with Gasteiger partial charge in [0, 0.05) is 26.2 Å². The Morgan fingerprint density at radius 1 is 1.00 bits per heavy atom. The molecule has 0 spiro atoms. The second-order valence-corrected chi connectivity index (χ2v) is 7.58. The van der Waals surface area contributed by atoms with Gasteiger partial charge in [0.15, 0.2) is 0 Å². The molecule has 2 aromatic rings. The normalized spacial score (nSPS) is 13.9. The van der Waals surface area contributed by atoms with Crippen molar-refractivity contribution in [3.05, 3.63) is 59.9 Å². The molecule has 8 nitrogen and oxygen atoms in total. The number of hydrogen-bond donors (Lipinski definition) is 3. The third kappa shape index (κ3) is 6.44. The summed E-state index contributed by atoms with van der Waals surface area (Å²) in [4.78, 5) is 38.2. The molecule has 2 aromatic carbocycles. The third-order valence-electron chi connectivity index (χ3n) is 5.37. The van der Waals surface area contributed by atoms with Crippen molar-refractivity contribution in [1.29, 1.82) is 0 Å². The number of nitrogens with one attached hydrogen (secondary N) is 3. The molecule has 0 aromatic heterocycles. The van der Waals surface area contributed by atoms with Crippen LogP contribution in [0.4, 0.5) is 14.9 Å². The van der Waals surface area contributed by atoms with Crippen LogP contribution in [0.25, 0.3) is 0 Å². The molecule has 32 heavy (non-hydrogen) atoms. The molecule has 0 saturated carbocycles. The molecule has 3 N–H and O–H groups in total. The van der Waals surface area contributed by atoms with Crippen molar-refractivity contribution in [2.75, 3.05) is 32.1 Å². The van der Waals surface area contributed by atoms with Gasteiger partial charge in [-0.3, -0.25) is 9.59 Å². The van der Waals surface area contributed by atoms with E-state index in [0.717, 1.165) is 12.8 Å². The summed E-state index contributed by atoms with van der Waals surface area (Å²) in [7, 11) is 1.55. The van der Waals surface area contributed by atoms with Gasteiger partial charge in [0.2, 0.25) is 0 Å². The Balaban J connectivity index is 1.37. The Hall–Kier alpha value is -3.62. The van der Waals surface area contributed by atoms with Gasteiger partial charge >= 0.3 is 17.8 Å². The largest absolute Gasteiger partial charge is 0.495 e. The van der Waals surface area contributed by atoms with Crippen LogP contribution in [0, 0.1) is 11.7 Å². The van der Waals surface area contributed by atoms with E-state index in [1.54, 1.807) is 36.3 Å². The average Bonchev–Trinajstić information content (AvgIpc) is 2.82. The molecule has 1 fully saturated rings. The van der Waals surface area contributed by atoms with Crippen molar-refractivity contribution in [2.45, 2.75) is 19.4 Å². The summed E-state index contributed by atoms with van der Waals surface area (Å²) in [6.07, 6.45) is 1.44. The van der Waals surface area contributed by atoms with Gasteiger partial charge in [0.05, 0.1) is 12.8 Å². The number of hydrogen-bond acceptors (Lipinski definition) is 4. The van der Waals surface area contributed by atoms with E-state index in [1.165, 1.54) is 12.1 Å². The number of urea groups is 1. The van der Waals surface area contributed by atoms with E-state index < -0.39 is 11.8 Å². The summed E-state index contributed by atoms with van der Waals surface area (Å²) in [5, 5.41) is 8.03. The molecule has 4 amide bonds. The van der Waals surface area contributed by atoms with Crippen molar-refractivity contribution in [1.82, 2.24) is 15.5 Å². The molecule has 1 heterocycles. The number of piperidine rings is 1. The molecular formula is C23H27FN4O4. The van der Waals surface area contributed by atoms with Gasteiger partial charge in [0.1, 0.15) is 11.6 Å². The van der Waals surface area contributed by atoms with E-state index in [4.69, 9.17) is 4.74 Å². The number of methoxy groups -OCH3 is 1. The number of halogens is 1. The smallest absolute Gasteiger partial charge is 0.321 e. The molecule has 0 unspecified atom stereocenters. The van der Waals surface area contributed by atoms with Crippen LogP contribution in [0.1, 0.15) is 18.4 Å². The maximum Gasteiger partial charge on any atom is 0.321 e. The van der Waals surface area contributed by atoms with Crippen LogP contribution < -0.4 is 20.7 Å². The molecular weight excluding hydrogens is 415 g/mol. The number of ether oxygens (including phenoxy) is 1. The summed E-state index contributed by atoms with van der Waals surface area (Å²) >= 11 is 0. The Labute approximate surface area is 186 Å².